The van der Waals surface area contributed by atoms with Crippen molar-refractivity contribution in [3.05, 3.63) is 23.9 Å². The van der Waals surface area contributed by atoms with Crippen LogP contribution < -0.4 is 10.1 Å². The predicted molar refractivity (Wildman–Crippen MR) is 64.7 cm³/mol. The Labute approximate surface area is 97.2 Å². The average Bonchev–Trinajstić information content (AvgIpc) is 2.25. The number of ether oxygens (including phenoxy) is 1. The second-order valence-electron chi connectivity index (χ2n) is 4.45. The molecule has 1 aromatic rings. The fourth-order valence-electron chi connectivity index (χ4n) is 1.99. The molecule has 0 unspecified atom stereocenters. The second kappa shape index (κ2) is 5.30. The zero-order valence-electron chi connectivity index (χ0n) is 10.1. The van der Waals surface area contributed by atoms with E-state index in [9.17, 15) is 0 Å². The number of aryl methyl sites for hydroxylation is 1. The average molecular weight is 220 g/mol. The lowest BCUT2D eigenvalue weighted by atomic mass is 9.89. The lowest BCUT2D eigenvalue weighted by Gasteiger charge is -2.34. The molecule has 88 valence electrons. The van der Waals surface area contributed by atoms with Gasteiger partial charge in [-0.1, -0.05) is 19.4 Å². The van der Waals surface area contributed by atoms with E-state index in [-0.39, 0.29) is 0 Å². The Morgan fingerprint density at radius 2 is 2.25 bits per heavy atom. The summed E-state index contributed by atoms with van der Waals surface area (Å²) in [7, 11) is 2.00. The third-order valence-electron chi connectivity index (χ3n) is 3.13. The van der Waals surface area contributed by atoms with Gasteiger partial charge in [-0.2, -0.15) is 0 Å². The minimum atomic E-state index is 0.349. The van der Waals surface area contributed by atoms with E-state index in [1.807, 2.05) is 19.3 Å². The summed E-state index contributed by atoms with van der Waals surface area (Å²) in [4.78, 5) is 4.33. The molecule has 3 heteroatoms. The Bertz CT molecular complexity index is 317. The van der Waals surface area contributed by atoms with E-state index in [0.717, 1.165) is 31.6 Å². The van der Waals surface area contributed by atoms with Gasteiger partial charge in [-0.3, -0.25) is 0 Å². The minimum absolute atomic E-state index is 0.349. The fourth-order valence-corrected chi connectivity index (χ4v) is 1.99. The molecule has 2 rings (SSSR count). The summed E-state index contributed by atoms with van der Waals surface area (Å²) in [6, 6.07) is 4.72. The first kappa shape index (κ1) is 11.4. The van der Waals surface area contributed by atoms with Crippen LogP contribution in [0.3, 0.4) is 0 Å². The van der Waals surface area contributed by atoms with Gasteiger partial charge in [0.25, 0.3) is 0 Å². The number of aromatic nitrogens is 1. The van der Waals surface area contributed by atoms with Crippen molar-refractivity contribution in [2.45, 2.75) is 44.8 Å². The first-order chi connectivity index (χ1) is 7.81. The molecule has 1 saturated carbocycles. The van der Waals surface area contributed by atoms with Crippen LogP contribution in [-0.2, 0) is 6.42 Å². The third-order valence-corrected chi connectivity index (χ3v) is 3.13. The smallest absolute Gasteiger partial charge is 0.213 e. The van der Waals surface area contributed by atoms with Crippen molar-refractivity contribution in [1.82, 2.24) is 10.3 Å². The Balaban J connectivity index is 1.82. The van der Waals surface area contributed by atoms with Crippen LogP contribution in [0, 0.1) is 0 Å². The molecule has 0 atom stereocenters. The van der Waals surface area contributed by atoms with E-state index in [0.29, 0.717) is 12.1 Å². The van der Waals surface area contributed by atoms with Gasteiger partial charge in [-0.25, -0.2) is 4.98 Å². The van der Waals surface area contributed by atoms with Gasteiger partial charge < -0.3 is 10.1 Å². The van der Waals surface area contributed by atoms with E-state index in [1.165, 1.54) is 5.56 Å². The topological polar surface area (TPSA) is 34.1 Å². The molecule has 0 aromatic carbocycles. The van der Waals surface area contributed by atoms with Gasteiger partial charge in [-0.15, -0.1) is 0 Å². The lowest BCUT2D eigenvalue weighted by Crippen LogP contribution is -2.45. The zero-order valence-corrected chi connectivity index (χ0v) is 10.1. The summed E-state index contributed by atoms with van der Waals surface area (Å²) in [6.07, 6.45) is 6.71. The van der Waals surface area contributed by atoms with Crippen molar-refractivity contribution >= 4 is 0 Å². The Hall–Kier alpha value is -1.09. The molecule has 1 aromatic heterocycles. The van der Waals surface area contributed by atoms with Crippen LogP contribution in [0.1, 0.15) is 31.7 Å². The summed E-state index contributed by atoms with van der Waals surface area (Å²) in [5.41, 5.74) is 1.29. The number of hydrogen-bond donors (Lipinski definition) is 1. The maximum absolute atomic E-state index is 5.76. The van der Waals surface area contributed by atoms with Crippen molar-refractivity contribution in [3.63, 3.8) is 0 Å². The summed E-state index contributed by atoms with van der Waals surface area (Å²) in [6.45, 7) is 2.18. The highest BCUT2D eigenvalue weighted by atomic mass is 16.5. The fraction of sp³-hybridized carbons (Fsp3) is 0.615. The molecule has 0 radical (unpaired) electrons. The van der Waals surface area contributed by atoms with E-state index < -0.39 is 0 Å². The maximum Gasteiger partial charge on any atom is 0.213 e. The molecule has 1 fully saturated rings. The van der Waals surface area contributed by atoms with Gasteiger partial charge in [0.2, 0.25) is 5.88 Å². The van der Waals surface area contributed by atoms with Crippen LogP contribution >= 0.6 is 0 Å². The van der Waals surface area contributed by atoms with E-state index in [2.05, 4.69) is 23.3 Å². The van der Waals surface area contributed by atoms with Gasteiger partial charge in [0.05, 0.1) is 0 Å². The standard InChI is InChI=1S/C13H20N2O/c1-3-4-10-5-6-13(15-9-10)16-12-7-11(8-12)14-2/h5-6,9,11-12,14H,3-4,7-8H2,1-2H3. The van der Waals surface area contributed by atoms with Crippen molar-refractivity contribution in [2.24, 2.45) is 0 Å². The first-order valence-electron chi connectivity index (χ1n) is 6.10. The Morgan fingerprint density at radius 1 is 1.44 bits per heavy atom. The maximum atomic E-state index is 5.76. The van der Waals surface area contributed by atoms with Crippen molar-refractivity contribution in [1.29, 1.82) is 0 Å². The van der Waals surface area contributed by atoms with Crippen LogP contribution in [0.15, 0.2) is 18.3 Å². The minimum Gasteiger partial charge on any atom is -0.474 e. The third kappa shape index (κ3) is 2.73. The lowest BCUT2D eigenvalue weighted by molar-refractivity contribution is 0.0839. The molecule has 1 aliphatic carbocycles. The molecule has 3 nitrogen and oxygen atoms in total. The van der Waals surface area contributed by atoms with Crippen LogP contribution in [0.4, 0.5) is 0 Å². The molecule has 0 saturated heterocycles. The quantitative estimate of drug-likeness (QED) is 0.825. The van der Waals surface area contributed by atoms with Crippen molar-refractivity contribution in [2.75, 3.05) is 7.05 Å². The first-order valence-corrected chi connectivity index (χ1v) is 6.10. The van der Waals surface area contributed by atoms with Crippen LogP contribution in [0.5, 0.6) is 5.88 Å². The number of hydrogen-bond acceptors (Lipinski definition) is 3. The summed E-state index contributed by atoms with van der Waals surface area (Å²) in [5, 5.41) is 3.24. The Morgan fingerprint density at radius 3 is 2.81 bits per heavy atom. The van der Waals surface area contributed by atoms with Crippen LogP contribution in [0.2, 0.25) is 0 Å². The van der Waals surface area contributed by atoms with Gasteiger partial charge in [0.1, 0.15) is 6.10 Å². The molecule has 0 spiro atoms. The summed E-state index contributed by atoms with van der Waals surface area (Å²) < 4.78 is 5.76. The molecule has 1 aliphatic rings. The molecular formula is C13H20N2O. The van der Waals surface area contributed by atoms with Crippen molar-refractivity contribution < 1.29 is 4.74 Å². The van der Waals surface area contributed by atoms with Crippen LogP contribution in [0.25, 0.3) is 0 Å². The molecule has 0 amide bonds. The largest absolute Gasteiger partial charge is 0.474 e. The zero-order chi connectivity index (χ0) is 11.4. The summed E-state index contributed by atoms with van der Waals surface area (Å²) in [5.74, 6) is 0.763. The van der Waals surface area contributed by atoms with Gasteiger partial charge in [-0.05, 0) is 31.9 Å². The van der Waals surface area contributed by atoms with Gasteiger partial charge >= 0.3 is 0 Å². The Kier molecular flexibility index (Phi) is 3.78. The number of nitrogens with one attached hydrogen (secondary N) is 1. The highest BCUT2D eigenvalue weighted by molar-refractivity contribution is 5.18. The predicted octanol–water partition coefficient (Wildman–Crippen LogP) is 2.16. The molecular weight excluding hydrogens is 200 g/mol. The van der Waals surface area contributed by atoms with E-state index in [4.69, 9.17) is 4.74 Å². The molecule has 1 heterocycles. The second-order valence-corrected chi connectivity index (χ2v) is 4.45. The monoisotopic (exact) mass is 220 g/mol. The van der Waals surface area contributed by atoms with Gasteiger partial charge in [0, 0.05) is 18.3 Å². The molecule has 16 heavy (non-hydrogen) atoms. The van der Waals surface area contributed by atoms with Gasteiger partial charge in [0.15, 0.2) is 0 Å². The SMILES string of the molecule is CCCc1ccc(OC2CC(NC)C2)nc1. The normalized spacial score (nSPS) is 23.9. The highest BCUT2D eigenvalue weighted by Gasteiger charge is 2.29. The number of nitrogens with zero attached hydrogens (tertiary/aromatic N) is 1. The van der Waals surface area contributed by atoms with E-state index >= 15 is 0 Å². The highest BCUT2D eigenvalue weighted by Crippen LogP contribution is 2.24. The summed E-state index contributed by atoms with van der Waals surface area (Å²) >= 11 is 0. The van der Waals surface area contributed by atoms with Crippen LogP contribution in [-0.4, -0.2) is 24.2 Å². The molecule has 1 N–H and O–H groups in total. The molecule has 0 aliphatic heterocycles. The van der Waals surface area contributed by atoms with Crippen molar-refractivity contribution in [3.8, 4) is 5.88 Å². The number of rotatable bonds is 5. The van der Waals surface area contributed by atoms with E-state index in [1.54, 1.807) is 0 Å². The molecule has 0 bridgehead atoms. The number of pyridine rings is 1.